The van der Waals surface area contributed by atoms with Gasteiger partial charge in [0.15, 0.2) is 0 Å². The number of aromatic nitrogens is 1. The van der Waals surface area contributed by atoms with Gasteiger partial charge in [0.05, 0.1) is 0 Å². The van der Waals surface area contributed by atoms with Crippen LogP contribution in [0.4, 0.5) is 0 Å². The molecule has 0 radical (unpaired) electrons. The number of thiazole rings is 1. The van der Waals surface area contributed by atoms with Crippen molar-refractivity contribution in [2.45, 2.75) is 38.3 Å². The highest BCUT2D eigenvalue weighted by Crippen LogP contribution is 2.38. The highest BCUT2D eigenvalue weighted by molar-refractivity contribution is 7.11. The fraction of sp³-hybridized carbons (Fsp3) is 0.750. The first-order valence-corrected chi connectivity index (χ1v) is 6.93. The van der Waals surface area contributed by atoms with Crippen molar-refractivity contribution in [1.29, 1.82) is 0 Å². The highest BCUT2D eigenvalue weighted by Gasteiger charge is 2.38. The summed E-state index contributed by atoms with van der Waals surface area (Å²) in [6.07, 6.45) is 3.64. The lowest BCUT2D eigenvalue weighted by Gasteiger charge is -2.35. The molecule has 1 saturated heterocycles. The molecular weight excluding hydrogens is 236 g/mol. The number of hydrogen-bond acceptors (Lipinski definition) is 5. The Hall–Kier alpha value is -0.490. The van der Waals surface area contributed by atoms with Crippen LogP contribution in [0.5, 0.6) is 0 Å². The summed E-state index contributed by atoms with van der Waals surface area (Å²) in [4.78, 5) is 5.63. The van der Waals surface area contributed by atoms with Gasteiger partial charge in [-0.25, -0.2) is 4.98 Å². The smallest absolute Gasteiger partial charge is 0.125 e. The van der Waals surface area contributed by atoms with E-state index < -0.39 is 0 Å². The van der Waals surface area contributed by atoms with Gasteiger partial charge in [0.2, 0.25) is 0 Å². The lowest BCUT2D eigenvalue weighted by Crippen LogP contribution is -2.36. The topological polar surface area (TPSA) is 57.4 Å². The number of rotatable bonds is 4. The summed E-state index contributed by atoms with van der Waals surface area (Å²) < 4.78 is 11.4. The van der Waals surface area contributed by atoms with Crippen molar-refractivity contribution in [2.75, 3.05) is 19.8 Å². The molecule has 1 aromatic rings. The molecule has 1 fully saturated rings. The maximum atomic E-state index is 5.98. The van der Waals surface area contributed by atoms with E-state index in [1.807, 2.05) is 20.0 Å². The van der Waals surface area contributed by atoms with Gasteiger partial charge in [0.25, 0.3) is 0 Å². The van der Waals surface area contributed by atoms with Crippen LogP contribution >= 0.6 is 11.3 Å². The largest absolute Gasteiger partial charge is 0.381 e. The Morgan fingerprint density at radius 1 is 1.59 bits per heavy atom. The molecule has 1 aromatic heterocycles. The van der Waals surface area contributed by atoms with Crippen molar-refractivity contribution in [3.63, 3.8) is 0 Å². The molecule has 96 valence electrons. The molecule has 2 heterocycles. The zero-order valence-corrected chi connectivity index (χ0v) is 11.3. The van der Waals surface area contributed by atoms with Crippen molar-refractivity contribution in [1.82, 2.24) is 4.98 Å². The Morgan fingerprint density at radius 3 is 2.82 bits per heavy atom. The number of nitrogens with two attached hydrogens (primary N) is 1. The summed E-state index contributed by atoms with van der Waals surface area (Å²) in [5, 5.41) is 1.05. The summed E-state index contributed by atoms with van der Waals surface area (Å²) in [6.45, 7) is 6.19. The van der Waals surface area contributed by atoms with E-state index in [2.05, 4.69) is 4.98 Å². The quantitative estimate of drug-likeness (QED) is 0.897. The van der Waals surface area contributed by atoms with Gasteiger partial charge in [0.1, 0.15) is 10.6 Å². The fourth-order valence-electron chi connectivity index (χ4n) is 2.11. The van der Waals surface area contributed by atoms with Crippen LogP contribution in [0.1, 0.15) is 42.6 Å². The third-order valence-electron chi connectivity index (χ3n) is 3.08. The summed E-state index contributed by atoms with van der Waals surface area (Å²) >= 11 is 1.67. The first-order chi connectivity index (χ1) is 8.18. The van der Waals surface area contributed by atoms with Crippen molar-refractivity contribution in [2.24, 2.45) is 5.73 Å². The van der Waals surface area contributed by atoms with Crippen LogP contribution in [0.25, 0.3) is 0 Å². The molecule has 4 nitrogen and oxygen atoms in total. The standard InChI is InChI=1S/C12H20N2O2S/c1-3-16-12(4-6-15-7-5-12)11-14-8-10(17-11)9(2)13/h8-9H,3-7,13H2,1-2H3. The van der Waals surface area contributed by atoms with E-state index in [1.165, 1.54) is 0 Å². The van der Waals surface area contributed by atoms with E-state index in [0.29, 0.717) is 6.61 Å². The molecule has 0 spiro atoms. The maximum absolute atomic E-state index is 5.98. The molecule has 0 saturated carbocycles. The van der Waals surface area contributed by atoms with Gasteiger partial charge < -0.3 is 15.2 Å². The average molecular weight is 256 g/mol. The Balaban J connectivity index is 2.24. The van der Waals surface area contributed by atoms with Crippen LogP contribution in [-0.2, 0) is 15.1 Å². The third-order valence-corrected chi connectivity index (χ3v) is 4.47. The molecule has 0 aliphatic carbocycles. The van der Waals surface area contributed by atoms with Gasteiger partial charge in [-0.2, -0.15) is 0 Å². The van der Waals surface area contributed by atoms with Crippen molar-refractivity contribution in [3.05, 3.63) is 16.1 Å². The number of nitrogens with zero attached hydrogens (tertiary/aromatic N) is 1. The van der Waals surface area contributed by atoms with Crippen LogP contribution in [0.2, 0.25) is 0 Å². The molecule has 0 amide bonds. The van der Waals surface area contributed by atoms with Gasteiger partial charge in [-0.3, -0.25) is 0 Å². The SMILES string of the molecule is CCOC1(c2ncc(C(C)N)s2)CCOCC1. The minimum atomic E-state index is -0.245. The van der Waals surface area contributed by atoms with Crippen LogP contribution in [0.15, 0.2) is 6.20 Å². The molecule has 0 aromatic carbocycles. The summed E-state index contributed by atoms with van der Waals surface area (Å²) in [6, 6.07) is 0.0415. The van der Waals surface area contributed by atoms with E-state index in [4.69, 9.17) is 15.2 Å². The van der Waals surface area contributed by atoms with Crippen molar-refractivity contribution in [3.8, 4) is 0 Å². The van der Waals surface area contributed by atoms with Crippen LogP contribution in [0, 0.1) is 0 Å². The van der Waals surface area contributed by atoms with E-state index in [0.717, 1.165) is 35.9 Å². The van der Waals surface area contributed by atoms with E-state index in [1.54, 1.807) is 11.3 Å². The Labute approximate surface area is 106 Å². The maximum Gasteiger partial charge on any atom is 0.125 e. The lowest BCUT2D eigenvalue weighted by atomic mass is 9.95. The zero-order valence-electron chi connectivity index (χ0n) is 10.4. The van der Waals surface area contributed by atoms with Gasteiger partial charge in [0, 0.05) is 49.8 Å². The van der Waals surface area contributed by atoms with Crippen LogP contribution in [0.3, 0.4) is 0 Å². The van der Waals surface area contributed by atoms with Gasteiger partial charge >= 0.3 is 0 Å². The molecule has 1 atom stereocenters. The molecule has 17 heavy (non-hydrogen) atoms. The van der Waals surface area contributed by atoms with E-state index >= 15 is 0 Å². The summed E-state index contributed by atoms with van der Waals surface area (Å²) in [5.74, 6) is 0. The molecule has 2 N–H and O–H groups in total. The second-order valence-corrected chi connectivity index (χ2v) is 5.46. The number of ether oxygens (including phenoxy) is 2. The molecule has 1 aliphatic rings. The lowest BCUT2D eigenvalue weighted by molar-refractivity contribution is -0.112. The average Bonchev–Trinajstić information content (AvgIpc) is 2.80. The zero-order chi connectivity index (χ0) is 12.3. The normalized spacial score (nSPS) is 21.4. The summed E-state index contributed by atoms with van der Waals surface area (Å²) in [5.41, 5.74) is 5.63. The summed E-state index contributed by atoms with van der Waals surface area (Å²) in [7, 11) is 0. The van der Waals surface area contributed by atoms with Crippen molar-refractivity contribution < 1.29 is 9.47 Å². The van der Waals surface area contributed by atoms with E-state index in [9.17, 15) is 0 Å². The number of hydrogen-bond donors (Lipinski definition) is 1. The molecule has 1 aliphatic heterocycles. The second-order valence-electron chi connectivity index (χ2n) is 4.40. The predicted octanol–water partition coefficient (Wildman–Crippen LogP) is 2.21. The first kappa shape index (κ1) is 13.0. The highest BCUT2D eigenvalue weighted by atomic mass is 32.1. The van der Waals surface area contributed by atoms with Crippen molar-refractivity contribution >= 4 is 11.3 Å². The second kappa shape index (κ2) is 5.44. The third kappa shape index (κ3) is 2.68. The Kier molecular flexibility index (Phi) is 4.14. The first-order valence-electron chi connectivity index (χ1n) is 6.11. The monoisotopic (exact) mass is 256 g/mol. The minimum Gasteiger partial charge on any atom is -0.381 e. The van der Waals surface area contributed by atoms with Crippen LogP contribution < -0.4 is 5.73 Å². The minimum absolute atomic E-state index is 0.0415. The molecule has 1 unspecified atom stereocenters. The molecule has 2 rings (SSSR count). The van der Waals surface area contributed by atoms with Gasteiger partial charge in [-0.05, 0) is 13.8 Å². The molecule has 5 heteroatoms. The van der Waals surface area contributed by atoms with Crippen LogP contribution in [-0.4, -0.2) is 24.8 Å². The van der Waals surface area contributed by atoms with Gasteiger partial charge in [-0.1, -0.05) is 0 Å². The Bertz CT molecular complexity index is 354. The Morgan fingerprint density at radius 2 is 2.29 bits per heavy atom. The molecular formula is C12H20N2O2S. The predicted molar refractivity (Wildman–Crippen MR) is 68.1 cm³/mol. The van der Waals surface area contributed by atoms with E-state index in [-0.39, 0.29) is 11.6 Å². The molecule has 0 bridgehead atoms. The fourth-order valence-corrected chi connectivity index (χ4v) is 3.17. The van der Waals surface area contributed by atoms with Gasteiger partial charge in [-0.15, -0.1) is 11.3 Å².